The molecule has 0 spiro atoms. The molecule has 0 fully saturated rings. The summed E-state index contributed by atoms with van der Waals surface area (Å²) in [5.41, 5.74) is 6.98. The smallest absolute Gasteiger partial charge is 0.141 e. The van der Waals surface area contributed by atoms with Crippen LogP contribution in [0.4, 0.5) is 0 Å². The van der Waals surface area contributed by atoms with Crippen LogP contribution in [0.5, 0.6) is 5.75 Å². The summed E-state index contributed by atoms with van der Waals surface area (Å²) in [4.78, 5) is 0. The van der Waals surface area contributed by atoms with Gasteiger partial charge in [0.25, 0.3) is 0 Å². The van der Waals surface area contributed by atoms with Crippen molar-refractivity contribution in [3.8, 4) is 5.75 Å². The molecule has 0 saturated heterocycles. The zero-order valence-corrected chi connectivity index (χ0v) is 8.21. The van der Waals surface area contributed by atoms with E-state index in [0.717, 1.165) is 11.3 Å². The van der Waals surface area contributed by atoms with Crippen molar-refractivity contribution in [2.75, 3.05) is 6.61 Å². The molecule has 2 rings (SSSR count). The Hall–Kier alpha value is -0.730. The van der Waals surface area contributed by atoms with Gasteiger partial charge in [0.05, 0.1) is 11.6 Å². The van der Waals surface area contributed by atoms with Crippen molar-refractivity contribution >= 4 is 11.6 Å². The molecule has 1 aliphatic rings. The van der Waals surface area contributed by atoms with Crippen LogP contribution in [0.15, 0.2) is 18.2 Å². The summed E-state index contributed by atoms with van der Waals surface area (Å²) < 4.78 is 5.49. The maximum atomic E-state index is 5.97. The normalized spacial score (nSPS) is 22.2. The van der Waals surface area contributed by atoms with E-state index < -0.39 is 0 Å². The Morgan fingerprint density at radius 3 is 3.08 bits per heavy atom. The van der Waals surface area contributed by atoms with E-state index in [2.05, 4.69) is 0 Å². The molecule has 0 amide bonds. The summed E-state index contributed by atoms with van der Waals surface area (Å²) in [6, 6.07) is 5.91. The third kappa shape index (κ3) is 1.40. The second-order valence-electron chi connectivity index (χ2n) is 3.43. The molecular formula is C10H12ClNO. The molecule has 70 valence electrons. The van der Waals surface area contributed by atoms with Gasteiger partial charge in [0, 0.05) is 17.5 Å². The van der Waals surface area contributed by atoms with Crippen molar-refractivity contribution in [2.45, 2.75) is 18.9 Å². The second kappa shape index (κ2) is 3.20. The Kier molecular flexibility index (Phi) is 2.18. The molecule has 1 aromatic rings. The number of ether oxygens (including phenoxy) is 1. The van der Waals surface area contributed by atoms with Gasteiger partial charge in [-0.15, -0.1) is 0 Å². The van der Waals surface area contributed by atoms with Gasteiger partial charge in [-0.3, -0.25) is 0 Å². The molecule has 1 aliphatic heterocycles. The molecule has 0 radical (unpaired) electrons. The van der Waals surface area contributed by atoms with Gasteiger partial charge in [-0.1, -0.05) is 23.7 Å². The average molecular weight is 198 g/mol. The van der Waals surface area contributed by atoms with Crippen LogP contribution < -0.4 is 10.5 Å². The lowest BCUT2D eigenvalue weighted by Crippen LogP contribution is -2.25. The van der Waals surface area contributed by atoms with Gasteiger partial charge in [0.15, 0.2) is 0 Å². The molecule has 0 aromatic heterocycles. The number of fused-ring (bicyclic) bond motifs is 1. The zero-order chi connectivity index (χ0) is 9.42. The fraction of sp³-hybridized carbons (Fsp3) is 0.400. The van der Waals surface area contributed by atoms with Crippen LogP contribution in [0, 0.1) is 0 Å². The van der Waals surface area contributed by atoms with Crippen LogP contribution in [0.25, 0.3) is 0 Å². The van der Waals surface area contributed by atoms with Gasteiger partial charge < -0.3 is 10.5 Å². The standard InChI is InChI=1S/C10H12ClNO/c1-6(12)8-5-13-10-7(8)3-2-4-9(10)11/h2-4,6,8H,5,12H2,1H3. The number of halogens is 1. The van der Waals surface area contributed by atoms with E-state index in [-0.39, 0.29) is 12.0 Å². The molecule has 0 aliphatic carbocycles. The highest BCUT2D eigenvalue weighted by molar-refractivity contribution is 6.32. The fourth-order valence-electron chi connectivity index (χ4n) is 1.67. The maximum absolute atomic E-state index is 5.97. The molecule has 0 saturated carbocycles. The molecular weight excluding hydrogens is 186 g/mol. The van der Waals surface area contributed by atoms with Crippen molar-refractivity contribution in [3.63, 3.8) is 0 Å². The first-order valence-electron chi connectivity index (χ1n) is 4.37. The van der Waals surface area contributed by atoms with Crippen molar-refractivity contribution in [1.82, 2.24) is 0 Å². The monoisotopic (exact) mass is 197 g/mol. The zero-order valence-electron chi connectivity index (χ0n) is 7.46. The number of nitrogens with two attached hydrogens (primary N) is 1. The minimum absolute atomic E-state index is 0.111. The predicted molar refractivity (Wildman–Crippen MR) is 53.3 cm³/mol. The Labute approximate surface area is 82.6 Å². The summed E-state index contributed by atoms with van der Waals surface area (Å²) in [6.45, 7) is 2.64. The lowest BCUT2D eigenvalue weighted by atomic mass is 9.95. The summed E-state index contributed by atoms with van der Waals surface area (Å²) in [5.74, 6) is 1.10. The van der Waals surface area contributed by atoms with Crippen LogP contribution in [0.1, 0.15) is 18.4 Å². The van der Waals surface area contributed by atoms with Gasteiger partial charge in [-0.05, 0) is 13.0 Å². The van der Waals surface area contributed by atoms with Crippen molar-refractivity contribution < 1.29 is 4.74 Å². The van der Waals surface area contributed by atoms with Crippen LogP contribution in [0.2, 0.25) is 5.02 Å². The van der Waals surface area contributed by atoms with Gasteiger partial charge in [-0.2, -0.15) is 0 Å². The van der Waals surface area contributed by atoms with Gasteiger partial charge in [0.2, 0.25) is 0 Å². The van der Waals surface area contributed by atoms with E-state index >= 15 is 0 Å². The van der Waals surface area contributed by atoms with Gasteiger partial charge >= 0.3 is 0 Å². The number of hydrogen-bond donors (Lipinski definition) is 1. The number of para-hydroxylation sites is 1. The summed E-state index contributed by atoms with van der Waals surface area (Å²) in [6.07, 6.45) is 0. The van der Waals surface area contributed by atoms with Crippen LogP contribution in [-0.2, 0) is 0 Å². The number of rotatable bonds is 1. The summed E-state index contributed by atoms with van der Waals surface area (Å²) in [5, 5.41) is 0.681. The van der Waals surface area contributed by atoms with E-state index in [0.29, 0.717) is 11.6 Å². The highest BCUT2D eigenvalue weighted by atomic mass is 35.5. The fourth-order valence-corrected chi connectivity index (χ4v) is 1.90. The van der Waals surface area contributed by atoms with Gasteiger partial charge in [0.1, 0.15) is 5.75 Å². The second-order valence-corrected chi connectivity index (χ2v) is 3.84. The van der Waals surface area contributed by atoms with E-state index in [1.54, 1.807) is 0 Å². The van der Waals surface area contributed by atoms with Gasteiger partial charge in [-0.25, -0.2) is 0 Å². The highest BCUT2D eigenvalue weighted by Crippen LogP contribution is 2.40. The lowest BCUT2D eigenvalue weighted by molar-refractivity contribution is 0.318. The minimum Gasteiger partial charge on any atom is -0.491 e. The maximum Gasteiger partial charge on any atom is 0.141 e. The Bertz CT molecular complexity index is 325. The van der Waals surface area contributed by atoms with Crippen molar-refractivity contribution in [2.24, 2.45) is 5.73 Å². The van der Waals surface area contributed by atoms with Crippen LogP contribution in [0.3, 0.4) is 0 Å². The molecule has 2 atom stereocenters. The molecule has 13 heavy (non-hydrogen) atoms. The van der Waals surface area contributed by atoms with E-state index in [1.165, 1.54) is 0 Å². The summed E-state index contributed by atoms with van der Waals surface area (Å²) >= 11 is 5.97. The molecule has 1 aromatic carbocycles. The van der Waals surface area contributed by atoms with E-state index in [4.69, 9.17) is 22.1 Å². The Balaban J connectivity index is 2.43. The summed E-state index contributed by atoms with van der Waals surface area (Å²) in [7, 11) is 0. The lowest BCUT2D eigenvalue weighted by Gasteiger charge is -2.12. The molecule has 2 unspecified atom stereocenters. The predicted octanol–water partition coefficient (Wildman–Crippen LogP) is 2.16. The molecule has 3 heteroatoms. The molecule has 2 nitrogen and oxygen atoms in total. The molecule has 1 heterocycles. The highest BCUT2D eigenvalue weighted by Gasteiger charge is 2.28. The van der Waals surface area contributed by atoms with Crippen molar-refractivity contribution in [1.29, 1.82) is 0 Å². The third-order valence-electron chi connectivity index (χ3n) is 2.44. The minimum atomic E-state index is 0.111. The molecule has 0 bridgehead atoms. The van der Waals surface area contributed by atoms with E-state index in [9.17, 15) is 0 Å². The molecule has 2 N–H and O–H groups in total. The average Bonchev–Trinajstić information content (AvgIpc) is 2.48. The Morgan fingerprint density at radius 2 is 2.38 bits per heavy atom. The number of hydrogen-bond acceptors (Lipinski definition) is 2. The first-order valence-corrected chi connectivity index (χ1v) is 4.74. The first-order chi connectivity index (χ1) is 6.20. The number of benzene rings is 1. The Morgan fingerprint density at radius 1 is 1.62 bits per heavy atom. The third-order valence-corrected chi connectivity index (χ3v) is 2.74. The van der Waals surface area contributed by atoms with Crippen molar-refractivity contribution in [3.05, 3.63) is 28.8 Å². The topological polar surface area (TPSA) is 35.2 Å². The first kappa shape index (κ1) is 8.85. The quantitative estimate of drug-likeness (QED) is 0.749. The van der Waals surface area contributed by atoms with Crippen LogP contribution in [-0.4, -0.2) is 12.6 Å². The SMILES string of the molecule is CC(N)C1COc2c(Cl)cccc21. The largest absolute Gasteiger partial charge is 0.491 e. The van der Waals surface area contributed by atoms with Crippen LogP contribution >= 0.6 is 11.6 Å². The van der Waals surface area contributed by atoms with E-state index in [1.807, 2.05) is 25.1 Å².